The number of aryl methyl sites for hydroxylation is 2. The lowest BCUT2D eigenvalue weighted by Crippen LogP contribution is -2.54. The van der Waals surface area contributed by atoms with Crippen LogP contribution in [0.5, 0.6) is 0 Å². The van der Waals surface area contributed by atoms with Gasteiger partial charge in [0.25, 0.3) is 10.0 Å². The second-order valence-electron chi connectivity index (χ2n) is 11.3. The highest BCUT2D eigenvalue weighted by Crippen LogP contribution is 2.29. The number of anilines is 1. The van der Waals surface area contributed by atoms with Crippen molar-refractivity contribution in [3.63, 3.8) is 0 Å². The number of sulfonamides is 1. The van der Waals surface area contributed by atoms with E-state index in [1.165, 1.54) is 17.0 Å². The van der Waals surface area contributed by atoms with Crippen LogP contribution in [-0.2, 0) is 32.6 Å². The van der Waals surface area contributed by atoms with Gasteiger partial charge in [0.05, 0.1) is 10.6 Å². The summed E-state index contributed by atoms with van der Waals surface area (Å²) in [4.78, 5) is 30.0. The minimum absolute atomic E-state index is 0.0487. The Labute approximate surface area is 271 Å². The van der Waals surface area contributed by atoms with Crippen LogP contribution in [0.15, 0.2) is 108 Å². The highest BCUT2D eigenvalue weighted by molar-refractivity contribution is 7.92. The summed E-state index contributed by atoms with van der Waals surface area (Å²) in [5.41, 5.74) is 3.69. The van der Waals surface area contributed by atoms with Crippen molar-refractivity contribution in [1.29, 1.82) is 0 Å². The molecule has 2 amide bonds. The molecule has 7 nitrogen and oxygen atoms in total. The molecule has 4 aromatic carbocycles. The third-order valence-corrected chi connectivity index (χ3v) is 9.79. The number of amides is 2. The van der Waals surface area contributed by atoms with Gasteiger partial charge < -0.3 is 10.2 Å². The van der Waals surface area contributed by atoms with E-state index in [0.717, 1.165) is 21.0 Å². The molecule has 45 heavy (non-hydrogen) atoms. The van der Waals surface area contributed by atoms with E-state index in [9.17, 15) is 18.0 Å². The van der Waals surface area contributed by atoms with Crippen LogP contribution in [0.1, 0.15) is 42.5 Å². The molecule has 0 saturated heterocycles. The van der Waals surface area contributed by atoms with Crippen LogP contribution in [0.25, 0.3) is 0 Å². The lowest BCUT2D eigenvalue weighted by Gasteiger charge is -2.34. The van der Waals surface area contributed by atoms with Gasteiger partial charge in [-0.2, -0.15) is 0 Å². The molecule has 2 atom stereocenters. The van der Waals surface area contributed by atoms with Gasteiger partial charge in [0.15, 0.2) is 0 Å². The Bertz CT molecular complexity index is 1700. The third kappa shape index (κ3) is 8.74. The first-order valence-corrected chi connectivity index (χ1v) is 16.8. The predicted molar refractivity (Wildman–Crippen MR) is 181 cm³/mol. The van der Waals surface area contributed by atoms with Gasteiger partial charge in [0.1, 0.15) is 12.6 Å². The molecule has 4 rings (SSSR count). The molecule has 0 bridgehead atoms. The molecule has 0 saturated carbocycles. The van der Waals surface area contributed by atoms with Gasteiger partial charge in [0.2, 0.25) is 11.8 Å². The normalized spacial score (nSPS) is 12.6. The molecule has 0 spiro atoms. The van der Waals surface area contributed by atoms with E-state index in [4.69, 9.17) is 11.6 Å². The average Bonchev–Trinajstić information content (AvgIpc) is 3.03. The van der Waals surface area contributed by atoms with Crippen molar-refractivity contribution in [2.45, 2.75) is 64.1 Å². The predicted octanol–water partition coefficient (Wildman–Crippen LogP) is 6.71. The summed E-state index contributed by atoms with van der Waals surface area (Å²) in [5.74, 6) is -0.807. The molecular formula is C36H40ClN3O4S. The maximum absolute atomic E-state index is 14.6. The van der Waals surface area contributed by atoms with Crippen molar-refractivity contribution in [2.24, 2.45) is 0 Å². The quantitative estimate of drug-likeness (QED) is 0.175. The summed E-state index contributed by atoms with van der Waals surface area (Å²) in [7, 11) is -4.18. The maximum Gasteiger partial charge on any atom is 0.264 e. The molecule has 0 aliphatic rings. The zero-order chi connectivity index (χ0) is 32.6. The van der Waals surface area contributed by atoms with Crippen LogP contribution in [-0.4, -0.2) is 43.8 Å². The molecule has 0 fully saturated rings. The van der Waals surface area contributed by atoms with E-state index in [-0.39, 0.29) is 29.8 Å². The van der Waals surface area contributed by atoms with E-state index in [0.29, 0.717) is 22.7 Å². The molecule has 9 heteroatoms. The minimum Gasteiger partial charge on any atom is -0.352 e. The van der Waals surface area contributed by atoms with E-state index < -0.39 is 28.5 Å². The summed E-state index contributed by atoms with van der Waals surface area (Å²) in [5, 5.41) is 3.51. The maximum atomic E-state index is 14.6. The first-order chi connectivity index (χ1) is 21.5. The van der Waals surface area contributed by atoms with Crippen molar-refractivity contribution in [3.05, 3.63) is 130 Å². The number of nitrogens with one attached hydrogen (secondary N) is 1. The van der Waals surface area contributed by atoms with Crippen LogP contribution >= 0.6 is 11.6 Å². The second kappa shape index (κ2) is 15.2. The average molecular weight is 646 g/mol. The number of benzene rings is 4. The van der Waals surface area contributed by atoms with Crippen molar-refractivity contribution in [1.82, 2.24) is 10.2 Å². The van der Waals surface area contributed by atoms with Gasteiger partial charge in [-0.15, -0.1) is 0 Å². The molecule has 0 aliphatic carbocycles. The molecule has 0 aliphatic heterocycles. The highest BCUT2D eigenvalue weighted by Gasteiger charge is 2.35. The number of carbonyl (C=O) groups excluding carboxylic acids is 2. The van der Waals surface area contributed by atoms with Crippen LogP contribution in [0.4, 0.5) is 5.69 Å². The molecule has 0 aromatic heterocycles. The van der Waals surface area contributed by atoms with Gasteiger partial charge >= 0.3 is 0 Å². The van der Waals surface area contributed by atoms with Crippen LogP contribution in [0.3, 0.4) is 0 Å². The Morgan fingerprint density at radius 1 is 0.844 bits per heavy atom. The van der Waals surface area contributed by atoms with Gasteiger partial charge in [-0.3, -0.25) is 13.9 Å². The first-order valence-electron chi connectivity index (χ1n) is 15.0. The number of hydrogen-bond acceptors (Lipinski definition) is 4. The Kier molecular flexibility index (Phi) is 11.4. The van der Waals surface area contributed by atoms with Crippen LogP contribution in [0.2, 0.25) is 5.02 Å². The fourth-order valence-electron chi connectivity index (χ4n) is 5.02. The summed E-state index contributed by atoms with van der Waals surface area (Å²) < 4.78 is 29.4. The molecule has 0 unspecified atom stereocenters. The monoisotopic (exact) mass is 645 g/mol. The van der Waals surface area contributed by atoms with E-state index in [2.05, 4.69) is 5.32 Å². The summed E-state index contributed by atoms with van der Waals surface area (Å²) in [6.45, 7) is 7.22. The molecular weight excluding hydrogens is 606 g/mol. The zero-order valence-electron chi connectivity index (χ0n) is 26.1. The SMILES string of the molecule is CC[C@H](C)NC(=O)[C@@H](Cc1ccccc1)N(Cc1ccc(C)cc1)C(=O)CN(c1ccc(Cl)cc1C)S(=O)(=O)c1ccccc1. The lowest BCUT2D eigenvalue weighted by atomic mass is 10.0. The smallest absolute Gasteiger partial charge is 0.264 e. The number of hydrogen-bond donors (Lipinski definition) is 1. The van der Waals surface area contributed by atoms with Gasteiger partial charge in [-0.25, -0.2) is 8.42 Å². The Hall–Kier alpha value is -4.14. The number of carbonyl (C=O) groups is 2. The first kappa shape index (κ1) is 33.7. The second-order valence-corrected chi connectivity index (χ2v) is 13.6. The molecule has 0 radical (unpaired) electrons. The highest BCUT2D eigenvalue weighted by atomic mass is 35.5. The van der Waals surface area contributed by atoms with E-state index in [1.54, 1.807) is 43.3 Å². The third-order valence-electron chi connectivity index (χ3n) is 7.78. The molecule has 0 heterocycles. The largest absolute Gasteiger partial charge is 0.352 e. The van der Waals surface area contributed by atoms with Crippen LogP contribution < -0.4 is 9.62 Å². The Morgan fingerprint density at radius 3 is 2.07 bits per heavy atom. The van der Waals surface area contributed by atoms with Gasteiger partial charge in [0, 0.05) is 24.0 Å². The zero-order valence-corrected chi connectivity index (χ0v) is 27.7. The molecule has 1 N–H and O–H groups in total. The van der Waals surface area contributed by atoms with Crippen molar-refractivity contribution >= 4 is 39.1 Å². The number of halogens is 1. The van der Waals surface area contributed by atoms with E-state index in [1.807, 2.05) is 75.4 Å². The number of rotatable bonds is 13. The Morgan fingerprint density at radius 2 is 1.47 bits per heavy atom. The fraction of sp³-hybridized carbons (Fsp3) is 0.278. The van der Waals surface area contributed by atoms with Gasteiger partial charge in [-0.1, -0.05) is 96.9 Å². The summed E-state index contributed by atoms with van der Waals surface area (Å²) in [6, 6.07) is 29.1. The standard InChI is InChI=1S/C36H40ClN3O4S/c1-5-28(4)38-36(42)34(23-29-12-8-6-9-13-29)39(24-30-18-16-26(2)17-19-30)35(41)25-40(33-21-20-31(37)22-27(33)3)45(43,44)32-14-10-7-11-15-32/h6-22,28,34H,5,23-25H2,1-4H3,(H,38,42)/t28-,34+/m0/s1. The fourth-order valence-corrected chi connectivity index (χ4v) is 6.74. The number of nitrogens with zero attached hydrogens (tertiary/aromatic N) is 2. The van der Waals surface area contributed by atoms with Crippen molar-refractivity contribution < 1.29 is 18.0 Å². The molecule has 236 valence electrons. The van der Waals surface area contributed by atoms with E-state index >= 15 is 0 Å². The summed E-state index contributed by atoms with van der Waals surface area (Å²) >= 11 is 6.23. The Balaban J connectivity index is 1.82. The molecule has 4 aromatic rings. The minimum atomic E-state index is -4.18. The van der Waals surface area contributed by atoms with Crippen molar-refractivity contribution in [2.75, 3.05) is 10.8 Å². The van der Waals surface area contributed by atoms with Crippen LogP contribution in [0, 0.1) is 13.8 Å². The lowest BCUT2D eigenvalue weighted by molar-refractivity contribution is -0.140. The van der Waals surface area contributed by atoms with Gasteiger partial charge in [-0.05, 0) is 74.2 Å². The van der Waals surface area contributed by atoms with Crippen molar-refractivity contribution in [3.8, 4) is 0 Å². The summed E-state index contributed by atoms with van der Waals surface area (Å²) in [6.07, 6.45) is 0.973. The topological polar surface area (TPSA) is 86.8 Å².